The number of carbonyl (C=O) groups is 7. The number of rotatable bonds is 21. The SMILES string of the molecule is CC(C)C[C@H](NC(=O)[C@H](Cc1c[nH]c2ccccc12)NC(=O)CNC(=O)CNC(=O)[C@H](Cc1c[nH]c2ccccc12)NC(=O)[C@@H](N)Cc1c[nH]c2ccccc12)C(=O)NCC(=O)O. The standard InChI is InChI=1S/C45H52N10O8/c1-25(2)15-36(43(61)52-24-41(58)59)55-45(63)38(18-28-21-49-35-14-8-5-11-31(28)35)53-40(57)23-50-39(56)22-51-44(62)37(17-27-20-48-34-13-7-4-10-30(27)34)54-42(60)32(46)16-26-19-47-33-12-6-3-9-29(26)33/h3-14,19-21,25,32,36-38,47-49H,15-18,22-24,46H2,1-2H3,(H,50,56)(H,51,62)(H,52,61)(H,53,57)(H,54,60)(H,55,63)(H,58,59)/t32-,36-,37-,38-/m0/s1. The van der Waals surface area contributed by atoms with E-state index >= 15 is 0 Å². The maximum atomic E-state index is 13.8. The van der Waals surface area contributed by atoms with Crippen LogP contribution in [0.5, 0.6) is 0 Å². The highest BCUT2D eigenvalue weighted by molar-refractivity contribution is 5.96. The minimum atomic E-state index is -1.25. The molecule has 4 atom stereocenters. The highest BCUT2D eigenvalue weighted by Crippen LogP contribution is 2.22. The van der Waals surface area contributed by atoms with Gasteiger partial charge in [0.15, 0.2) is 0 Å². The summed E-state index contributed by atoms with van der Waals surface area (Å²) in [5.74, 6) is -5.39. The van der Waals surface area contributed by atoms with Crippen molar-refractivity contribution in [3.63, 3.8) is 0 Å². The van der Waals surface area contributed by atoms with Crippen LogP contribution >= 0.6 is 0 Å². The smallest absolute Gasteiger partial charge is 0.322 e. The molecule has 6 aromatic rings. The van der Waals surface area contributed by atoms with E-state index < -0.39 is 85.2 Å². The fourth-order valence-corrected chi connectivity index (χ4v) is 7.41. The minimum Gasteiger partial charge on any atom is -0.480 e. The molecular formula is C45H52N10O8. The van der Waals surface area contributed by atoms with Crippen LogP contribution in [0.3, 0.4) is 0 Å². The van der Waals surface area contributed by atoms with Gasteiger partial charge in [-0.25, -0.2) is 0 Å². The number of nitrogens with one attached hydrogen (secondary N) is 9. The number of carboxylic acids is 1. The molecule has 63 heavy (non-hydrogen) atoms. The molecule has 3 aromatic carbocycles. The van der Waals surface area contributed by atoms with Gasteiger partial charge in [0.25, 0.3) is 0 Å². The molecule has 12 N–H and O–H groups in total. The number of H-pyrrole nitrogens is 3. The lowest BCUT2D eigenvalue weighted by molar-refractivity contribution is -0.138. The molecule has 0 unspecified atom stereocenters. The van der Waals surface area contributed by atoms with Crippen LogP contribution in [0.25, 0.3) is 32.7 Å². The van der Waals surface area contributed by atoms with Crippen LogP contribution in [0.2, 0.25) is 0 Å². The van der Waals surface area contributed by atoms with Crippen molar-refractivity contribution in [2.45, 2.75) is 63.7 Å². The molecule has 18 nitrogen and oxygen atoms in total. The van der Waals surface area contributed by atoms with Gasteiger partial charge in [0.05, 0.1) is 19.1 Å². The van der Waals surface area contributed by atoms with Gasteiger partial charge < -0.3 is 57.7 Å². The van der Waals surface area contributed by atoms with Crippen LogP contribution in [0, 0.1) is 5.92 Å². The zero-order valence-electron chi connectivity index (χ0n) is 34.9. The van der Waals surface area contributed by atoms with Gasteiger partial charge in [-0.15, -0.1) is 0 Å². The Morgan fingerprint density at radius 1 is 0.524 bits per heavy atom. The molecule has 0 fully saturated rings. The van der Waals surface area contributed by atoms with Gasteiger partial charge in [0.1, 0.15) is 24.7 Å². The molecular weight excluding hydrogens is 809 g/mol. The molecule has 0 aliphatic carbocycles. The molecule has 18 heteroatoms. The van der Waals surface area contributed by atoms with Crippen molar-refractivity contribution >= 4 is 74.1 Å². The maximum absolute atomic E-state index is 13.8. The van der Waals surface area contributed by atoms with Crippen molar-refractivity contribution in [3.05, 3.63) is 108 Å². The van der Waals surface area contributed by atoms with Crippen LogP contribution in [0.1, 0.15) is 37.0 Å². The number of amides is 6. The van der Waals surface area contributed by atoms with Crippen LogP contribution < -0.4 is 37.6 Å². The van der Waals surface area contributed by atoms with E-state index in [2.05, 4.69) is 46.9 Å². The van der Waals surface area contributed by atoms with Crippen LogP contribution in [-0.4, -0.2) is 105 Å². The first-order chi connectivity index (χ1) is 30.2. The average Bonchev–Trinajstić information content (AvgIpc) is 4.00. The van der Waals surface area contributed by atoms with E-state index in [4.69, 9.17) is 10.8 Å². The van der Waals surface area contributed by atoms with Crippen molar-refractivity contribution in [2.24, 2.45) is 11.7 Å². The molecule has 330 valence electrons. The average molecular weight is 861 g/mol. The largest absolute Gasteiger partial charge is 0.480 e. The Morgan fingerprint density at radius 3 is 1.46 bits per heavy atom. The number of benzene rings is 3. The molecule has 0 saturated carbocycles. The van der Waals surface area contributed by atoms with Crippen molar-refractivity contribution in [1.29, 1.82) is 0 Å². The number of para-hydroxylation sites is 3. The van der Waals surface area contributed by atoms with Crippen LogP contribution in [0.15, 0.2) is 91.4 Å². The summed E-state index contributed by atoms with van der Waals surface area (Å²) in [5.41, 5.74) is 11.2. The second-order valence-electron chi connectivity index (χ2n) is 15.8. The zero-order valence-corrected chi connectivity index (χ0v) is 34.9. The fourth-order valence-electron chi connectivity index (χ4n) is 7.41. The number of carbonyl (C=O) groups excluding carboxylic acids is 6. The van der Waals surface area contributed by atoms with Crippen LogP contribution in [0.4, 0.5) is 0 Å². The van der Waals surface area contributed by atoms with Crippen molar-refractivity contribution in [3.8, 4) is 0 Å². The van der Waals surface area contributed by atoms with E-state index in [1.807, 2.05) is 86.6 Å². The third kappa shape index (κ3) is 12.1. The summed E-state index contributed by atoms with van der Waals surface area (Å²) < 4.78 is 0. The predicted octanol–water partition coefficient (Wildman–Crippen LogP) is 1.42. The summed E-state index contributed by atoms with van der Waals surface area (Å²) in [6.45, 7) is 1.92. The Morgan fingerprint density at radius 2 is 0.952 bits per heavy atom. The van der Waals surface area contributed by atoms with E-state index in [0.29, 0.717) is 5.56 Å². The molecule has 0 aliphatic heterocycles. The summed E-state index contributed by atoms with van der Waals surface area (Å²) in [5, 5.41) is 27.0. The number of aromatic amines is 3. The van der Waals surface area contributed by atoms with E-state index in [-0.39, 0.29) is 31.6 Å². The Balaban J connectivity index is 1.09. The van der Waals surface area contributed by atoms with Crippen LogP contribution in [-0.2, 0) is 52.8 Å². The van der Waals surface area contributed by atoms with Crippen molar-refractivity contribution in [1.82, 2.24) is 46.9 Å². The third-order valence-electron chi connectivity index (χ3n) is 10.6. The molecule has 3 heterocycles. The predicted molar refractivity (Wildman–Crippen MR) is 236 cm³/mol. The van der Waals surface area contributed by atoms with Gasteiger partial charge in [-0.2, -0.15) is 0 Å². The minimum absolute atomic E-state index is 0.00566. The van der Waals surface area contributed by atoms with Crippen molar-refractivity contribution < 1.29 is 38.7 Å². The van der Waals surface area contributed by atoms with E-state index in [9.17, 15) is 33.6 Å². The summed E-state index contributed by atoms with van der Waals surface area (Å²) in [7, 11) is 0. The lowest BCUT2D eigenvalue weighted by Gasteiger charge is -2.24. The summed E-state index contributed by atoms with van der Waals surface area (Å²) in [4.78, 5) is 101. The maximum Gasteiger partial charge on any atom is 0.322 e. The topological polar surface area (TPSA) is 285 Å². The highest BCUT2D eigenvalue weighted by atomic mass is 16.4. The summed E-state index contributed by atoms with van der Waals surface area (Å²) >= 11 is 0. The Bertz CT molecular complexity index is 2610. The lowest BCUT2D eigenvalue weighted by Crippen LogP contribution is -2.56. The van der Waals surface area contributed by atoms with E-state index in [1.54, 1.807) is 18.6 Å². The summed E-state index contributed by atoms with van der Waals surface area (Å²) in [6, 6.07) is 18.0. The van der Waals surface area contributed by atoms with Crippen molar-refractivity contribution in [2.75, 3.05) is 19.6 Å². The first kappa shape index (κ1) is 45.1. The second-order valence-corrected chi connectivity index (χ2v) is 15.8. The normalized spacial score (nSPS) is 13.2. The number of carboxylic acid groups (broad SMARTS) is 1. The number of fused-ring (bicyclic) bond motifs is 3. The first-order valence-corrected chi connectivity index (χ1v) is 20.6. The number of nitrogens with two attached hydrogens (primary N) is 1. The molecule has 0 aliphatic rings. The molecule has 3 aromatic heterocycles. The summed E-state index contributed by atoms with van der Waals surface area (Å²) in [6.07, 6.45) is 5.72. The Kier molecular flexibility index (Phi) is 14.9. The molecule has 0 radical (unpaired) electrons. The van der Waals surface area contributed by atoms with Gasteiger partial charge in [-0.05, 0) is 53.6 Å². The molecule has 6 amide bonds. The van der Waals surface area contributed by atoms with Gasteiger partial charge in [-0.3, -0.25) is 33.6 Å². The number of aromatic nitrogens is 3. The van der Waals surface area contributed by atoms with Gasteiger partial charge >= 0.3 is 5.97 Å². The number of hydrogen-bond acceptors (Lipinski definition) is 8. The second kappa shape index (κ2) is 20.9. The van der Waals surface area contributed by atoms with Gasteiger partial charge in [0, 0.05) is 64.1 Å². The first-order valence-electron chi connectivity index (χ1n) is 20.6. The number of aliphatic carboxylic acids is 1. The number of hydrogen-bond donors (Lipinski definition) is 11. The highest BCUT2D eigenvalue weighted by Gasteiger charge is 2.30. The molecule has 6 rings (SSSR count). The fraction of sp³-hybridized carbons (Fsp3) is 0.311. The quantitative estimate of drug-likeness (QED) is 0.0499. The molecule has 0 bridgehead atoms. The van der Waals surface area contributed by atoms with Gasteiger partial charge in [0.2, 0.25) is 35.4 Å². The molecule has 0 spiro atoms. The van der Waals surface area contributed by atoms with Gasteiger partial charge in [-0.1, -0.05) is 68.4 Å². The lowest BCUT2D eigenvalue weighted by atomic mass is 10.0. The Hall–Kier alpha value is -7.47. The third-order valence-corrected chi connectivity index (χ3v) is 10.6. The zero-order chi connectivity index (χ0) is 45.0. The van der Waals surface area contributed by atoms with E-state index in [0.717, 1.165) is 43.8 Å². The molecule has 0 saturated heterocycles. The monoisotopic (exact) mass is 860 g/mol. The van der Waals surface area contributed by atoms with E-state index in [1.165, 1.54) is 0 Å². The Labute approximate surface area is 361 Å².